The largest absolute Gasteiger partial charge is 0.494 e. The average molecular weight is 314 g/mol. The first kappa shape index (κ1) is 17.4. The summed E-state index contributed by atoms with van der Waals surface area (Å²) in [6.45, 7) is 3.55. The van der Waals surface area contributed by atoms with Crippen molar-refractivity contribution in [1.82, 2.24) is 0 Å². The maximum absolute atomic E-state index is 12.4. The van der Waals surface area contributed by atoms with E-state index in [-0.39, 0.29) is 11.6 Å². The van der Waals surface area contributed by atoms with Crippen molar-refractivity contribution in [1.29, 1.82) is 0 Å². The van der Waals surface area contributed by atoms with Gasteiger partial charge in [0.25, 0.3) is 5.50 Å². The zero-order valence-corrected chi connectivity index (χ0v) is 13.3. The van der Waals surface area contributed by atoms with Crippen LogP contribution in [-0.2, 0) is 23.1 Å². The summed E-state index contributed by atoms with van der Waals surface area (Å²) in [5.41, 5.74) is 0.0155. The molecule has 0 spiro atoms. The van der Waals surface area contributed by atoms with Crippen molar-refractivity contribution in [3.05, 3.63) is 47.7 Å². The van der Waals surface area contributed by atoms with Crippen molar-refractivity contribution in [3.8, 4) is 0 Å². The first-order valence-electron chi connectivity index (χ1n) is 6.28. The first-order chi connectivity index (χ1) is 9.92. The van der Waals surface area contributed by atoms with Gasteiger partial charge in [-0.1, -0.05) is 18.2 Å². The molecule has 0 heterocycles. The van der Waals surface area contributed by atoms with E-state index >= 15 is 0 Å². The lowest BCUT2D eigenvalue weighted by molar-refractivity contribution is 0.0608. The van der Waals surface area contributed by atoms with Crippen LogP contribution < -0.4 is 0 Å². The van der Waals surface area contributed by atoms with Crippen LogP contribution >= 0.6 is 7.60 Å². The monoisotopic (exact) mass is 314 g/mol. The van der Waals surface area contributed by atoms with Gasteiger partial charge in [0.15, 0.2) is 0 Å². The summed E-state index contributed by atoms with van der Waals surface area (Å²) < 4.78 is 32.3. The average Bonchev–Trinajstić information content (AvgIpc) is 2.51. The highest BCUT2D eigenvalue weighted by molar-refractivity contribution is 7.58. The number of carbonyl (C=O) groups is 1. The molecule has 0 aliphatic carbocycles. The Hall–Kier alpha value is -1.62. The lowest BCUT2D eigenvalue weighted by atomic mass is 10.2. The van der Waals surface area contributed by atoms with E-state index in [0.29, 0.717) is 5.56 Å². The van der Waals surface area contributed by atoms with Gasteiger partial charge in [-0.25, -0.2) is 4.79 Å². The molecule has 0 N–H and O–H groups in total. The number of rotatable bonds is 7. The zero-order chi connectivity index (χ0) is 15.9. The second-order valence-corrected chi connectivity index (χ2v) is 6.43. The van der Waals surface area contributed by atoms with Gasteiger partial charge < -0.3 is 18.5 Å². The van der Waals surface area contributed by atoms with Gasteiger partial charge in [-0.3, -0.25) is 4.57 Å². The number of carbonyl (C=O) groups excluding carboxylic acids is 1. The first-order valence-corrected chi connectivity index (χ1v) is 7.82. The number of hydrogen-bond acceptors (Lipinski definition) is 6. The van der Waals surface area contributed by atoms with E-state index in [1.54, 1.807) is 44.2 Å². The van der Waals surface area contributed by atoms with Crippen LogP contribution in [0.2, 0.25) is 0 Å². The molecular formula is C14H19O6P. The molecule has 116 valence electrons. The third-order valence-electron chi connectivity index (χ3n) is 2.40. The molecule has 21 heavy (non-hydrogen) atoms. The van der Waals surface area contributed by atoms with Crippen LogP contribution in [0.25, 0.3) is 0 Å². The Kier molecular flexibility index (Phi) is 6.62. The topological polar surface area (TPSA) is 71.1 Å². The molecule has 1 rings (SSSR count). The number of ether oxygens (including phenoxy) is 2. The molecule has 0 fully saturated rings. The molecule has 0 bridgehead atoms. The summed E-state index contributed by atoms with van der Waals surface area (Å²) in [6, 6.07) is 8.31. The number of esters is 1. The summed E-state index contributed by atoms with van der Waals surface area (Å²) in [5, 5.41) is 0. The lowest BCUT2D eigenvalue weighted by Crippen LogP contribution is -2.08. The van der Waals surface area contributed by atoms with Crippen LogP contribution in [0.3, 0.4) is 0 Å². The second kappa shape index (κ2) is 7.98. The van der Waals surface area contributed by atoms with Crippen molar-refractivity contribution in [2.45, 2.75) is 20.0 Å². The summed E-state index contributed by atoms with van der Waals surface area (Å²) >= 11 is 0. The molecular weight excluding hydrogens is 295 g/mol. The predicted molar refractivity (Wildman–Crippen MR) is 77.8 cm³/mol. The van der Waals surface area contributed by atoms with E-state index in [4.69, 9.17) is 18.5 Å². The Bertz CT molecular complexity index is 530. The summed E-state index contributed by atoms with van der Waals surface area (Å²) in [5.74, 6) is -0.677. The van der Waals surface area contributed by atoms with Crippen LogP contribution in [0.15, 0.2) is 42.1 Å². The quantitative estimate of drug-likeness (QED) is 0.435. The van der Waals surface area contributed by atoms with Gasteiger partial charge in [0, 0.05) is 14.2 Å². The van der Waals surface area contributed by atoms with Gasteiger partial charge in [-0.05, 0) is 26.0 Å². The summed E-state index contributed by atoms with van der Waals surface area (Å²) in [7, 11) is -1.33. The van der Waals surface area contributed by atoms with Crippen molar-refractivity contribution < 1.29 is 27.9 Å². The Morgan fingerprint density at radius 1 is 1.14 bits per heavy atom. The number of hydrogen-bond donors (Lipinski definition) is 0. The minimum absolute atomic E-state index is 0.183. The van der Waals surface area contributed by atoms with Crippen LogP contribution in [0.1, 0.15) is 24.2 Å². The maximum atomic E-state index is 12.4. The minimum atomic E-state index is -3.73. The van der Waals surface area contributed by atoms with Crippen LogP contribution in [0.5, 0.6) is 0 Å². The molecule has 0 aromatic heterocycles. The van der Waals surface area contributed by atoms with E-state index in [2.05, 4.69) is 0 Å². The fraction of sp³-hybridized carbons (Fsp3) is 0.357. The van der Waals surface area contributed by atoms with E-state index < -0.39 is 13.6 Å². The van der Waals surface area contributed by atoms with Gasteiger partial charge in [-0.2, -0.15) is 0 Å². The van der Waals surface area contributed by atoms with Crippen molar-refractivity contribution in [3.63, 3.8) is 0 Å². The van der Waals surface area contributed by atoms with E-state index in [1.807, 2.05) is 0 Å². The van der Waals surface area contributed by atoms with Crippen LogP contribution in [0.4, 0.5) is 0 Å². The molecule has 1 aromatic rings. The third kappa shape index (κ3) is 5.01. The third-order valence-corrected chi connectivity index (χ3v) is 4.10. The normalized spacial score (nSPS) is 12.3. The van der Waals surface area contributed by atoms with Crippen molar-refractivity contribution >= 4 is 13.6 Å². The fourth-order valence-electron chi connectivity index (χ4n) is 1.32. The predicted octanol–water partition coefficient (Wildman–Crippen LogP) is 3.55. The van der Waals surface area contributed by atoms with Gasteiger partial charge in [0.2, 0.25) is 0 Å². The SMILES string of the molecule is COP(=O)(OC)/C(=C\OC(C)C)OC(=O)c1ccccc1. The molecule has 0 saturated heterocycles. The molecule has 0 unspecified atom stereocenters. The fourth-order valence-corrected chi connectivity index (χ4v) is 2.22. The number of benzene rings is 1. The highest BCUT2D eigenvalue weighted by Crippen LogP contribution is 2.55. The van der Waals surface area contributed by atoms with E-state index in [9.17, 15) is 9.36 Å². The Labute approximate surface area is 124 Å². The van der Waals surface area contributed by atoms with Gasteiger partial charge in [0.05, 0.1) is 11.7 Å². The van der Waals surface area contributed by atoms with E-state index in [1.165, 1.54) is 14.2 Å². The van der Waals surface area contributed by atoms with Crippen LogP contribution in [0, 0.1) is 0 Å². The van der Waals surface area contributed by atoms with Gasteiger partial charge in [0.1, 0.15) is 6.26 Å². The summed E-state index contributed by atoms with van der Waals surface area (Å²) in [6.07, 6.45) is 0.900. The highest BCUT2D eigenvalue weighted by Gasteiger charge is 2.33. The zero-order valence-electron chi connectivity index (χ0n) is 12.4. The second-order valence-electron chi connectivity index (χ2n) is 4.26. The maximum Gasteiger partial charge on any atom is 0.399 e. The molecule has 0 saturated carbocycles. The molecule has 1 aromatic carbocycles. The van der Waals surface area contributed by atoms with Gasteiger partial charge >= 0.3 is 13.6 Å². The van der Waals surface area contributed by atoms with Crippen molar-refractivity contribution in [2.75, 3.05) is 14.2 Å². The highest BCUT2D eigenvalue weighted by atomic mass is 31.2. The van der Waals surface area contributed by atoms with Crippen LogP contribution in [-0.4, -0.2) is 26.3 Å². The van der Waals surface area contributed by atoms with Gasteiger partial charge in [-0.15, -0.1) is 0 Å². The standard InChI is InChI=1S/C14H19O6P/c1-11(2)19-10-13(21(16,17-3)18-4)20-14(15)12-8-6-5-7-9-12/h5-11H,1-4H3/b13-10-. The molecule has 7 heteroatoms. The molecule has 0 atom stereocenters. The Morgan fingerprint density at radius 2 is 1.71 bits per heavy atom. The smallest absolute Gasteiger partial charge is 0.399 e. The molecule has 0 radical (unpaired) electrons. The Morgan fingerprint density at radius 3 is 2.19 bits per heavy atom. The van der Waals surface area contributed by atoms with Crippen molar-refractivity contribution in [2.24, 2.45) is 0 Å². The lowest BCUT2D eigenvalue weighted by Gasteiger charge is -2.17. The molecule has 6 nitrogen and oxygen atoms in total. The minimum Gasteiger partial charge on any atom is -0.494 e. The van der Waals surface area contributed by atoms with E-state index in [0.717, 1.165) is 6.26 Å². The molecule has 0 aliphatic rings. The summed E-state index contributed by atoms with van der Waals surface area (Å²) in [4.78, 5) is 12.0. The molecule has 0 amide bonds. The Balaban J connectivity index is 3.01. The molecule has 0 aliphatic heterocycles.